The van der Waals surface area contributed by atoms with E-state index < -0.39 is 5.97 Å². The molecule has 2 amide bonds. The molecule has 21 heavy (non-hydrogen) atoms. The number of ether oxygens (including phenoxy) is 2. The normalized spacial score (nSPS) is 21.3. The lowest BCUT2D eigenvalue weighted by molar-refractivity contribution is -0.00461. The number of hydrogen-bond donors (Lipinski definition) is 2. The van der Waals surface area contributed by atoms with Crippen LogP contribution in [0.2, 0.25) is 0 Å². The van der Waals surface area contributed by atoms with Crippen LogP contribution in [0, 0.1) is 0 Å². The number of hydrogen-bond acceptors (Lipinski definition) is 4. The van der Waals surface area contributed by atoms with Crippen molar-refractivity contribution in [2.45, 2.75) is 12.2 Å². The molecule has 2 rings (SSSR count). The molecule has 2 N–H and O–H groups in total. The van der Waals surface area contributed by atoms with Crippen molar-refractivity contribution in [1.29, 1.82) is 0 Å². The Morgan fingerprint density at radius 1 is 1.19 bits per heavy atom. The Labute approximate surface area is 122 Å². The van der Waals surface area contributed by atoms with Gasteiger partial charge < -0.3 is 24.8 Å². The van der Waals surface area contributed by atoms with Crippen LogP contribution >= 0.6 is 0 Å². The highest BCUT2D eigenvalue weighted by atomic mass is 16.5. The number of carbonyl (C=O) groups excluding carboxylic acids is 1. The zero-order valence-corrected chi connectivity index (χ0v) is 11.9. The second kappa shape index (κ2) is 6.55. The van der Waals surface area contributed by atoms with Gasteiger partial charge in [-0.25, -0.2) is 9.59 Å². The summed E-state index contributed by atoms with van der Waals surface area (Å²) in [7, 11) is 3.13. The molecule has 0 aliphatic carbocycles. The number of nitrogens with zero attached hydrogens (tertiary/aromatic N) is 1. The van der Waals surface area contributed by atoms with Gasteiger partial charge in [0.25, 0.3) is 0 Å². The van der Waals surface area contributed by atoms with Crippen LogP contribution in [0.25, 0.3) is 0 Å². The van der Waals surface area contributed by atoms with Crippen molar-refractivity contribution >= 4 is 17.7 Å². The Bertz CT molecular complexity index is 522. The molecule has 0 bridgehead atoms. The van der Waals surface area contributed by atoms with Crippen molar-refractivity contribution in [2.24, 2.45) is 0 Å². The number of carboxylic acid groups (broad SMARTS) is 1. The Hall–Kier alpha value is -2.12. The van der Waals surface area contributed by atoms with E-state index in [0.717, 1.165) is 0 Å². The SMILES string of the molecule is COC1CN(C(=O)Nc2ccccc2C(=O)O)CC1OC. The van der Waals surface area contributed by atoms with Crippen molar-refractivity contribution < 1.29 is 24.2 Å². The zero-order valence-electron chi connectivity index (χ0n) is 11.9. The Balaban J connectivity index is 2.08. The number of aromatic carboxylic acids is 1. The monoisotopic (exact) mass is 294 g/mol. The van der Waals surface area contributed by atoms with Crippen LogP contribution < -0.4 is 5.32 Å². The fourth-order valence-electron chi connectivity index (χ4n) is 2.34. The smallest absolute Gasteiger partial charge is 0.337 e. The van der Waals surface area contributed by atoms with E-state index in [2.05, 4.69) is 5.32 Å². The molecule has 1 heterocycles. The van der Waals surface area contributed by atoms with Gasteiger partial charge in [0.2, 0.25) is 0 Å². The molecular weight excluding hydrogens is 276 g/mol. The highest BCUT2D eigenvalue weighted by Gasteiger charge is 2.35. The minimum Gasteiger partial charge on any atom is -0.478 e. The molecule has 2 atom stereocenters. The van der Waals surface area contributed by atoms with Crippen LogP contribution in [-0.2, 0) is 9.47 Å². The van der Waals surface area contributed by atoms with E-state index in [-0.39, 0.29) is 29.5 Å². The van der Waals surface area contributed by atoms with Crippen LogP contribution in [-0.4, -0.2) is 61.5 Å². The van der Waals surface area contributed by atoms with Crippen LogP contribution in [0.1, 0.15) is 10.4 Å². The van der Waals surface area contributed by atoms with E-state index in [1.807, 2.05) is 0 Å². The summed E-state index contributed by atoms with van der Waals surface area (Å²) in [4.78, 5) is 24.9. The van der Waals surface area contributed by atoms with Crippen molar-refractivity contribution in [3.05, 3.63) is 29.8 Å². The second-order valence-electron chi connectivity index (χ2n) is 4.73. The lowest BCUT2D eigenvalue weighted by Gasteiger charge is -2.17. The van der Waals surface area contributed by atoms with Gasteiger partial charge in [-0.2, -0.15) is 0 Å². The number of urea groups is 1. The fraction of sp³-hybridized carbons (Fsp3) is 0.429. The molecule has 114 valence electrons. The predicted molar refractivity (Wildman–Crippen MR) is 75.6 cm³/mol. The molecule has 7 heteroatoms. The van der Waals surface area contributed by atoms with Gasteiger partial charge in [-0.3, -0.25) is 0 Å². The molecule has 0 aromatic heterocycles. The lowest BCUT2D eigenvalue weighted by Crippen LogP contribution is -2.34. The third-order valence-corrected chi connectivity index (χ3v) is 3.51. The molecule has 1 aliphatic rings. The van der Waals surface area contributed by atoms with E-state index in [9.17, 15) is 9.59 Å². The highest BCUT2D eigenvalue weighted by molar-refractivity contribution is 6.00. The summed E-state index contributed by atoms with van der Waals surface area (Å²) in [5.41, 5.74) is 0.321. The van der Waals surface area contributed by atoms with Crippen LogP contribution in [0.5, 0.6) is 0 Å². The second-order valence-corrected chi connectivity index (χ2v) is 4.73. The molecule has 1 fully saturated rings. The maximum absolute atomic E-state index is 12.2. The van der Waals surface area contributed by atoms with Crippen LogP contribution in [0.3, 0.4) is 0 Å². The Morgan fingerprint density at radius 2 is 1.76 bits per heavy atom. The zero-order chi connectivity index (χ0) is 15.4. The van der Waals surface area contributed by atoms with Gasteiger partial charge >= 0.3 is 12.0 Å². The molecule has 2 unspecified atom stereocenters. The molecule has 1 saturated heterocycles. The average molecular weight is 294 g/mol. The van der Waals surface area contributed by atoms with Crippen LogP contribution in [0.4, 0.5) is 10.5 Å². The third-order valence-electron chi connectivity index (χ3n) is 3.51. The molecule has 1 aromatic rings. The molecule has 1 aromatic carbocycles. The number of methoxy groups -OCH3 is 2. The van der Waals surface area contributed by atoms with E-state index in [0.29, 0.717) is 13.1 Å². The van der Waals surface area contributed by atoms with Gasteiger partial charge in [-0.05, 0) is 12.1 Å². The first-order valence-electron chi connectivity index (χ1n) is 6.50. The van der Waals surface area contributed by atoms with Gasteiger partial charge in [0.05, 0.1) is 24.3 Å². The number of benzene rings is 1. The maximum atomic E-state index is 12.2. The third kappa shape index (κ3) is 3.32. The topological polar surface area (TPSA) is 88.1 Å². The molecule has 7 nitrogen and oxygen atoms in total. The first-order valence-corrected chi connectivity index (χ1v) is 6.50. The fourth-order valence-corrected chi connectivity index (χ4v) is 2.34. The largest absolute Gasteiger partial charge is 0.478 e. The molecular formula is C14H18N2O5. The minimum absolute atomic E-state index is 0.0524. The molecule has 0 saturated carbocycles. The Kier molecular flexibility index (Phi) is 4.77. The number of rotatable bonds is 4. The summed E-state index contributed by atoms with van der Waals surface area (Å²) in [6.45, 7) is 0.798. The van der Waals surface area contributed by atoms with Crippen molar-refractivity contribution in [3.8, 4) is 0 Å². The maximum Gasteiger partial charge on any atom is 0.337 e. The lowest BCUT2D eigenvalue weighted by atomic mass is 10.2. The van der Waals surface area contributed by atoms with Gasteiger partial charge in [0.15, 0.2) is 0 Å². The molecule has 0 radical (unpaired) electrons. The highest BCUT2D eigenvalue weighted by Crippen LogP contribution is 2.19. The van der Waals surface area contributed by atoms with Crippen LogP contribution in [0.15, 0.2) is 24.3 Å². The molecule has 1 aliphatic heterocycles. The van der Waals surface area contributed by atoms with Gasteiger partial charge in [0, 0.05) is 14.2 Å². The average Bonchev–Trinajstić information content (AvgIpc) is 2.91. The van der Waals surface area contributed by atoms with E-state index in [4.69, 9.17) is 14.6 Å². The minimum atomic E-state index is -1.09. The van der Waals surface area contributed by atoms with E-state index in [1.54, 1.807) is 37.3 Å². The number of likely N-dealkylation sites (tertiary alicyclic amines) is 1. The van der Waals surface area contributed by atoms with Crippen molar-refractivity contribution in [1.82, 2.24) is 4.90 Å². The first kappa shape index (κ1) is 15.3. The number of para-hydroxylation sites is 1. The summed E-state index contributed by atoms with van der Waals surface area (Å²) in [5, 5.41) is 11.7. The van der Waals surface area contributed by atoms with Gasteiger partial charge in [0.1, 0.15) is 12.2 Å². The summed E-state index contributed by atoms with van der Waals surface area (Å²) >= 11 is 0. The van der Waals surface area contributed by atoms with E-state index >= 15 is 0 Å². The number of nitrogens with one attached hydrogen (secondary N) is 1. The first-order chi connectivity index (χ1) is 10.1. The Morgan fingerprint density at radius 3 is 2.29 bits per heavy atom. The summed E-state index contributed by atoms with van der Waals surface area (Å²) in [5.74, 6) is -1.09. The standard InChI is InChI=1S/C14H18N2O5/c1-20-11-7-16(8-12(11)21-2)14(19)15-10-6-4-3-5-9(10)13(17)18/h3-6,11-12H,7-8H2,1-2H3,(H,15,19)(H,17,18). The van der Waals surface area contributed by atoms with Gasteiger partial charge in [-0.1, -0.05) is 12.1 Å². The van der Waals surface area contributed by atoms with E-state index in [1.165, 1.54) is 6.07 Å². The number of amides is 2. The van der Waals surface area contributed by atoms with Gasteiger partial charge in [-0.15, -0.1) is 0 Å². The summed E-state index contributed by atoms with van der Waals surface area (Å²) in [6, 6.07) is 5.90. The number of carboxylic acids is 1. The quantitative estimate of drug-likeness (QED) is 0.873. The number of anilines is 1. The summed E-state index contributed by atoms with van der Waals surface area (Å²) < 4.78 is 10.5. The summed E-state index contributed by atoms with van der Waals surface area (Å²) in [6.07, 6.45) is -0.370. The number of carbonyl (C=O) groups is 2. The van der Waals surface area contributed by atoms with Crippen molar-refractivity contribution in [2.75, 3.05) is 32.6 Å². The van der Waals surface area contributed by atoms with Crippen molar-refractivity contribution in [3.63, 3.8) is 0 Å². The predicted octanol–water partition coefficient (Wildman–Crippen LogP) is 1.26. The molecule has 0 spiro atoms.